The summed E-state index contributed by atoms with van der Waals surface area (Å²) in [6.45, 7) is 4.50. The van der Waals surface area contributed by atoms with Crippen LogP contribution in [0.3, 0.4) is 0 Å². The van der Waals surface area contributed by atoms with Crippen molar-refractivity contribution in [2.45, 2.75) is 51.0 Å². The largest absolute Gasteiger partial charge is 0.329 e. The van der Waals surface area contributed by atoms with Gasteiger partial charge >= 0.3 is 0 Å². The molecule has 2 heteroatoms. The van der Waals surface area contributed by atoms with Crippen LogP contribution in [0, 0.1) is 35.5 Å². The molecule has 0 aromatic rings. The molecule has 102 valence electrons. The van der Waals surface area contributed by atoms with Gasteiger partial charge in [0.25, 0.3) is 0 Å². The van der Waals surface area contributed by atoms with Crippen LogP contribution >= 0.6 is 0 Å². The van der Waals surface area contributed by atoms with Crippen LogP contribution in [0.4, 0.5) is 0 Å². The molecular weight excluding hydrogens is 220 g/mol. The Morgan fingerprint density at radius 3 is 2.00 bits per heavy atom. The molecule has 5 rings (SSSR count). The van der Waals surface area contributed by atoms with E-state index in [0.29, 0.717) is 5.54 Å². The van der Waals surface area contributed by atoms with E-state index in [4.69, 9.17) is 5.73 Å². The average Bonchev–Trinajstić information content (AvgIpc) is 3.05. The number of nitrogens with two attached hydrogens (primary N) is 1. The predicted octanol–water partition coefficient (Wildman–Crippen LogP) is 2.39. The molecule has 0 heterocycles. The maximum Gasteiger partial charge on any atom is 0.0361 e. The molecule has 2 unspecified atom stereocenters. The molecule has 0 radical (unpaired) electrons. The molecule has 0 aromatic carbocycles. The van der Waals surface area contributed by atoms with Gasteiger partial charge in [-0.25, -0.2) is 0 Å². The van der Waals surface area contributed by atoms with Gasteiger partial charge < -0.3 is 11.1 Å². The van der Waals surface area contributed by atoms with Gasteiger partial charge in [0.2, 0.25) is 0 Å². The molecule has 5 fully saturated rings. The number of hydrogen-bond acceptors (Lipinski definition) is 2. The molecule has 0 aromatic heterocycles. The van der Waals surface area contributed by atoms with Gasteiger partial charge in [0.15, 0.2) is 0 Å². The first-order chi connectivity index (χ1) is 8.71. The molecule has 0 aliphatic heterocycles. The fourth-order valence-electron chi connectivity index (χ4n) is 5.72. The molecule has 18 heavy (non-hydrogen) atoms. The Hall–Kier alpha value is -0.0800. The van der Waals surface area contributed by atoms with Gasteiger partial charge in [-0.2, -0.15) is 0 Å². The van der Waals surface area contributed by atoms with Crippen molar-refractivity contribution in [3.05, 3.63) is 0 Å². The Labute approximate surface area is 111 Å². The minimum atomic E-state index is 0.329. The van der Waals surface area contributed by atoms with Crippen LogP contribution < -0.4 is 11.1 Å². The highest BCUT2D eigenvalue weighted by molar-refractivity contribution is 5.12. The van der Waals surface area contributed by atoms with Crippen LogP contribution in [0.25, 0.3) is 0 Å². The van der Waals surface area contributed by atoms with Crippen molar-refractivity contribution in [1.82, 2.24) is 5.32 Å². The van der Waals surface area contributed by atoms with Crippen LogP contribution in [-0.4, -0.2) is 18.6 Å². The Bertz CT molecular complexity index is 310. The zero-order chi connectivity index (χ0) is 12.3. The van der Waals surface area contributed by atoms with Crippen LogP contribution in [0.1, 0.15) is 45.4 Å². The van der Waals surface area contributed by atoms with E-state index in [0.717, 1.165) is 42.1 Å². The number of nitrogens with one attached hydrogen (secondary N) is 1. The highest BCUT2D eigenvalue weighted by atomic mass is 15.0. The lowest BCUT2D eigenvalue weighted by Gasteiger charge is -2.61. The van der Waals surface area contributed by atoms with E-state index in [1.54, 1.807) is 0 Å². The van der Waals surface area contributed by atoms with E-state index in [9.17, 15) is 0 Å². The van der Waals surface area contributed by atoms with Crippen molar-refractivity contribution in [2.75, 3.05) is 13.1 Å². The highest BCUT2D eigenvalue weighted by Crippen LogP contribution is 2.58. The van der Waals surface area contributed by atoms with Crippen LogP contribution in [-0.2, 0) is 0 Å². The summed E-state index contributed by atoms with van der Waals surface area (Å²) in [5.74, 6) is 5.80. The summed E-state index contributed by atoms with van der Waals surface area (Å²) in [4.78, 5) is 0. The predicted molar refractivity (Wildman–Crippen MR) is 74.1 cm³/mol. The maximum atomic E-state index is 6.27. The molecule has 0 amide bonds. The summed E-state index contributed by atoms with van der Waals surface area (Å²) in [6.07, 6.45) is 8.85. The summed E-state index contributed by atoms with van der Waals surface area (Å²) < 4.78 is 0. The van der Waals surface area contributed by atoms with Crippen molar-refractivity contribution >= 4 is 0 Å². The third-order valence-corrected chi connectivity index (χ3v) is 6.90. The molecule has 2 atom stereocenters. The van der Waals surface area contributed by atoms with E-state index in [-0.39, 0.29) is 0 Å². The maximum absolute atomic E-state index is 6.27. The third kappa shape index (κ3) is 1.61. The zero-order valence-corrected chi connectivity index (χ0v) is 11.7. The minimum absolute atomic E-state index is 0.329. The lowest BCUT2D eigenvalue weighted by atomic mass is 9.48. The molecule has 5 aliphatic carbocycles. The van der Waals surface area contributed by atoms with E-state index in [1.165, 1.54) is 45.1 Å². The molecule has 0 spiro atoms. The first-order valence-corrected chi connectivity index (χ1v) is 8.16. The first kappa shape index (κ1) is 11.7. The van der Waals surface area contributed by atoms with Gasteiger partial charge in [-0.15, -0.1) is 0 Å². The second-order valence-electron chi connectivity index (χ2n) is 7.90. The standard InChI is InChI=1S/C16H28N2/c1-10-2-13(10)8-18-16(9-17)14-4-11-3-12(6-14)7-15(16)5-11/h10-15,18H,2-9,17H2,1H3. The lowest BCUT2D eigenvalue weighted by molar-refractivity contribution is -0.0695. The Kier molecular flexibility index (Phi) is 2.58. The van der Waals surface area contributed by atoms with Gasteiger partial charge in [0, 0.05) is 12.1 Å². The van der Waals surface area contributed by atoms with Crippen LogP contribution in [0.2, 0.25) is 0 Å². The van der Waals surface area contributed by atoms with Gasteiger partial charge in [-0.05, 0) is 80.6 Å². The Morgan fingerprint density at radius 2 is 1.56 bits per heavy atom. The van der Waals surface area contributed by atoms with E-state index >= 15 is 0 Å². The van der Waals surface area contributed by atoms with Crippen LogP contribution in [0.15, 0.2) is 0 Å². The van der Waals surface area contributed by atoms with Gasteiger partial charge in [-0.1, -0.05) is 6.92 Å². The van der Waals surface area contributed by atoms with Gasteiger partial charge in [-0.3, -0.25) is 0 Å². The molecule has 3 N–H and O–H groups in total. The summed E-state index contributed by atoms with van der Waals surface area (Å²) in [7, 11) is 0. The van der Waals surface area contributed by atoms with Crippen molar-refractivity contribution in [3.8, 4) is 0 Å². The molecular formula is C16H28N2. The third-order valence-electron chi connectivity index (χ3n) is 6.90. The van der Waals surface area contributed by atoms with E-state index in [1.807, 2.05) is 0 Å². The molecule has 2 nitrogen and oxygen atoms in total. The number of rotatable bonds is 4. The second kappa shape index (κ2) is 3.96. The van der Waals surface area contributed by atoms with Crippen molar-refractivity contribution < 1.29 is 0 Å². The van der Waals surface area contributed by atoms with Gasteiger partial charge in [0.1, 0.15) is 0 Å². The van der Waals surface area contributed by atoms with E-state index in [2.05, 4.69) is 12.2 Å². The molecule has 5 saturated carbocycles. The Morgan fingerprint density at radius 1 is 1.00 bits per heavy atom. The zero-order valence-electron chi connectivity index (χ0n) is 11.7. The summed E-state index contributed by atoms with van der Waals surface area (Å²) in [5, 5.41) is 4.00. The molecule has 0 saturated heterocycles. The lowest BCUT2D eigenvalue weighted by Crippen LogP contribution is -2.68. The molecule has 5 aliphatic rings. The van der Waals surface area contributed by atoms with Crippen LogP contribution in [0.5, 0.6) is 0 Å². The quantitative estimate of drug-likeness (QED) is 0.801. The Balaban J connectivity index is 1.52. The fraction of sp³-hybridized carbons (Fsp3) is 1.00. The summed E-state index contributed by atoms with van der Waals surface area (Å²) in [5.41, 5.74) is 6.60. The topological polar surface area (TPSA) is 38.0 Å². The highest BCUT2D eigenvalue weighted by Gasteiger charge is 2.56. The monoisotopic (exact) mass is 248 g/mol. The van der Waals surface area contributed by atoms with Gasteiger partial charge in [0.05, 0.1) is 0 Å². The van der Waals surface area contributed by atoms with Crippen molar-refractivity contribution in [1.29, 1.82) is 0 Å². The average molecular weight is 248 g/mol. The smallest absolute Gasteiger partial charge is 0.0361 e. The summed E-state index contributed by atoms with van der Waals surface area (Å²) >= 11 is 0. The minimum Gasteiger partial charge on any atom is -0.329 e. The SMILES string of the molecule is CC1CC1CNC1(CN)C2CC3CC(C2)CC1C3. The van der Waals surface area contributed by atoms with Crippen molar-refractivity contribution in [3.63, 3.8) is 0 Å². The summed E-state index contributed by atoms with van der Waals surface area (Å²) in [6, 6.07) is 0. The normalized spacial score (nSPS) is 57.0. The second-order valence-corrected chi connectivity index (χ2v) is 7.90. The van der Waals surface area contributed by atoms with Crippen molar-refractivity contribution in [2.24, 2.45) is 41.2 Å². The number of hydrogen-bond donors (Lipinski definition) is 2. The van der Waals surface area contributed by atoms with E-state index < -0.39 is 0 Å². The molecule has 4 bridgehead atoms. The fourth-order valence-corrected chi connectivity index (χ4v) is 5.72. The first-order valence-electron chi connectivity index (χ1n) is 8.16.